The van der Waals surface area contributed by atoms with Crippen LogP contribution in [0.5, 0.6) is 0 Å². The molecule has 0 heterocycles. The fourth-order valence-corrected chi connectivity index (χ4v) is 6.09. The van der Waals surface area contributed by atoms with Gasteiger partial charge in [-0.15, -0.1) is 0 Å². The Bertz CT molecular complexity index is 1650. The number of benzene rings is 4. The van der Waals surface area contributed by atoms with Gasteiger partial charge in [0.2, 0.25) is 0 Å². The lowest BCUT2D eigenvalue weighted by atomic mass is 9.93. The minimum atomic E-state index is -0.193. The lowest BCUT2D eigenvalue weighted by Crippen LogP contribution is -2.44. The Labute approximate surface area is 282 Å². The number of allylic oxidation sites excluding steroid dienone is 5. The van der Waals surface area contributed by atoms with Crippen LogP contribution in [0.1, 0.15) is 52.7 Å². The third-order valence-corrected chi connectivity index (χ3v) is 8.74. The first-order valence-electron chi connectivity index (χ1n) is 16.0. The lowest BCUT2D eigenvalue weighted by Gasteiger charge is -2.29. The molecule has 0 saturated carbocycles. The van der Waals surface area contributed by atoms with Gasteiger partial charge in [-0.25, -0.2) is 8.70 Å². The largest absolute Gasteiger partial charge is 0.311 e. The molecule has 1 atom stereocenters. The summed E-state index contributed by atoms with van der Waals surface area (Å²) in [5.41, 5.74) is 6.21. The van der Waals surface area contributed by atoms with Crippen LogP contribution in [-0.4, -0.2) is 30.0 Å². The highest BCUT2D eigenvalue weighted by Crippen LogP contribution is 2.28. The van der Waals surface area contributed by atoms with Crippen LogP contribution in [0.2, 0.25) is 0 Å². The molecular weight excluding hydrogens is 584 g/mol. The average Bonchev–Trinajstić information content (AvgIpc) is 3.02. The first-order chi connectivity index (χ1) is 21.9. The fourth-order valence-electron chi connectivity index (χ4n) is 5.14. The SMILES string of the molecule is C/C=C/c1ccc(-c2ccc(SN(C)CC(C)CNC(C)(C)Cc3ccc4ccccc4c3)cc2)cc1F.C=C/C=C(/C)C(=C)C. The minimum absolute atomic E-state index is 0.0166. The molecule has 4 rings (SSSR count). The highest BCUT2D eigenvalue weighted by atomic mass is 32.2. The van der Waals surface area contributed by atoms with Crippen molar-refractivity contribution in [2.75, 3.05) is 20.1 Å². The van der Waals surface area contributed by atoms with Gasteiger partial charge in [-0.2, -0.15) is 0 Å². The summed E-state index contributed by atoms with van der Waals surface area (Å²) in [5.74, 6) is 0.308. The maximum Gasteiger partial charge on any atom is 0.131 e. The molecule has 0 aliphatic heterocycles. The molecular formula is C42H51FN2S. The van der Waals surface area contributed by atoms with Crippen molar-refractivity contribution < 1.29 is 4.39 Å². The van der Waals surface area contributed by atoms with Crippen LogP contribution in [0.3, 0.4) is 0 Å². The summed E-state index contributed by atoms with van der Waals surface area (Å²) >= 11 is 1.75. The molecule has 4 aromatic carbocycles. The topological polar surface area (TPSA) is 15.3 Å². The highest BCUT2D eigenvalue weighted by Gasteiger charge is 2.19. The Morgan fingerprint density at radius 2 is 1.63 bits per heavy atom. The molecule has 0 spiro atoms. The number of halogens is 1. The highest BCUT2D eigenvalue weighted by molar-refractivity contribution is 7.97. The molecule has 0 saturated heterocycles. The van der Waals surface area contributed by atoms with E-state index in [1.165, 1.54) is 26.8 Å². The maximum absolute atomic E-state index is 14.3. The second kappa shape index (κ2) is 17.9. The fraction of sp³-hybridized carbons (Fsp3) is 0.286. The Morgan fingerprint density at radius 1 is 0.957 bits per heavy atom. The molecule has 0 radical (unpaired) electrons. The van der Waals surface area contributed by atoms with E-state index in [9.17, 15) is 4.39 Å². The Kier molecular flexibility index (Phi) is 14.3. The molecule has 1 N–H and O–H groups in total. The number of rotatable bonds is 13. The first-order valence-corrected chi connectivity index (χ1v) is 16.8. The van der Waals surface area contributed by atoms with Crippen molar-refractivity contribution >= 4 is 28.8 Å². The molecule has 0 aromatic heterocycles. The van der Waals surface area contributed by atoms with E-state index in [0.29, 0.717) is 11.5 Å². The minimum Gasteiger partial charge on any atom is -0.311 e. The van der Waals surface area contributed by atoms with Gasteiger partial charge in [-0.1, -0.05) is 117 Å². The summed E-state index contributed by atoms with van der Waals surface area (Å²) in [7, 11) is 2.14. The molecule has 4 aromatic rings. The smallest absolute Gasteiger partial charge is 0.131 e. The van der Waals surface area contributed by atoms with E-state index in [0.717, 1.165) is 36.2 Å². The van der Waals surface area contributed by atoms with E-state index < -0.39 is 0 Å². The van der Waals surface area contributed by atoms with E-state index in [4.69, 9.17) is 0 Å². The van der Waals surface area contributed by atoms with Gasteiger partial charge in [0.05, 0.1) is 0 Å². The summed E-state index contributed by atoms with van der Waals surface area (Å²) in [6.45, 7) is 22.0. The maximum atomic E-state index is 14.3. The number of hydrogen-bond acceptors (Lipinski definition) is 3. The third kappa shape index (κ3) is 11.9. The monoisotopic (exact) mass is 634 g/mol. The van der Waals surface area contributed by atoms with Gasteiger partial charge in [-0.05, 0) is 124 Å². The molecule has 242 valence electrons. The normalized spacial score (nSPS) is 12.7. The van der Waals surface area contributed by atoms with Crippen molar-refractivity contribution in [2.45, 2.75) is 58.4 Å². The van der Waals surface area contributed by atoms with Gasteiger partial charge in [0.15, 0.2) is 0 Å². The van der Waals surface area contributed by atoms with E-state index in [1.54, 1.807) is 30.2 Å². The van der Waals surface area contributed by atoms with Crippen LogP contribution in [0, 0.1) is 11.7 Å². The summed E-state index contributed by atoms with van der Waals surface area (Å²) in [5, 5.41) is 6.39. The Balaban J connectivity index is 0.000000637. The van der Waals surface area contributed by atoms with Crippen molar-refractivity contribution in [2.24, 2.45) is 5.92 Å². The van der Waals surface area contributed by atoms with Crippen molar-refractivity contribution in [1.29, 1.82) is 0 Å². The molecule has 1 unspecified atom stereocenters. The quantitative estimate of drug-likeness (QED) is 0.116. The molecule has 2 nitrogen and oxygen atoms in total. The molecule has 0 aliphatic rings. The zero-order valence-electron chi connectivity index (χ0n) is 28.7. The standard InChI is InChI=1S/C34H39FN2S.C8H12/c1-6-9-29-14-15-31(21-33(29)35)28-16-18-32(19-17-28)38-37(5)24-25(2)23-36-34(3,4)22-26-12-13-27-10-7-8-11-30(27)20-26;1-5-6-8(4)7(2)3/h6-21,25,36H,22-24H2,1-5H3;5-6H,1-2H2,3-4H3/b9-6+;8-6-. The number of nitrogens with one attached hydrogen (secondary N) is 1. The van der Waals surface area contributed by atoms with Gasteiger partial charge in [0.1, 0.15) is 5.82 Å². The van der Waals surface area contributed by atoms with E-state index in [2.05, 4.69) is 117 Å². The molecule has 0 aliphatic carbocycles. The Hall–Kier alpha value is -3.70. The van der Waals surface area contributed by atoms with Crippen molar-refractivity contribution in [3.05, 3.63) is 144 Å². The van der Waals surface area contributed by atoms with Crippen LogP contribution in [0.25, 0.3) is 28.0 Å². The van der Waals surface area contributed by atoms with Crippen LogP contribution in [0.15, 0.2) is 132 Å². The second-order valence-corrected chi connectivity index (χ2v) is 14.0. The van der Waals surface area contributed by atoms with Crippen LogP contribution in [-0.2, 0) is 6.42 Å². The third-order valence-electron chi connectivity index (χ3n) is 7.79. The van der Waals surface area contributed by atoms with Crippen molar-refractivity contribution in [1.82, 2.24) is 9.62 Å². The molecule has 4 heteroatoms. The van der Waals surface area contributed by atoms with Gasteiger partial charge < -0.3 is 5.32 Å². The van der Waals surface area contributed by atoms with Crippen LogP contribution >= 0.6 is 11.9 Å². The predicted octanol–water partition coefficient (Wildman–Crippen LogP) is 11.6. The Morgan fingerprint density at radius 3 is 2.24 bits per heavy atom. The average molecular weight is 635 g/mol. The van der Waals surface area contributed by atoms with E-state index >= 15 is 0 Å². The van der Waals surface area contributed by atoms with Gasteiger partial charge in [0, 0.05) is 22.5 Å². The van der Waals surface area contributed by atoms with Gasteiger partial charge in [-0.3, -0.25) is 0 Å². The molecule has 0 amide bonds. The second-order valence-electron chi connectivity index (χ2n) is 12.8. The molecule has 46 heavy (non-hydrogen) atoms. The van der Waals surface area contributed by atoms with Crippen LogP contribution < -0.4 is 5.32 Å². The molecule has 0 fully saturated rings. The van der Waals surface area contributed by atoms with Gasteiger partial charge >= 0.3 is 0 Å². The van der Waals surface area contributed by atoms with Crippen LogP contribution in [0.4, 0.5) is 4.39 Å². The zero-order chi connectivity index (χ0) is 33.7. The summed E-state index contributed by atoms with van der Waals surface area (Å²) in [4.78, 5) is 1.18. The van der Waals surface area contributed by atoms with E-state index in [-0.39, 0.29) is 11.4 Å². The number of nitrogens with zero attached hydrogens (tertiary/aromatic N) is 1. The lowest BCUT2D eigenvalue weighted by molar-refractivity contribution is 0.332. The summed E-state index contributed by atoms with van der Waals surface area (Å²) in [6.07, 6.45) is 8.34. The number of fused-ring (bicyclic) bond motifs is 1. The first kappa shape index (κ1) is 36.8. The van der Waals surface area contributed by atoms with Crippen molar-refractivity contribution in [3.8, 4) is 11.1 Å². The summed E-state index contributed by atoms with van der Waals surface area (Å²) in [6, 6.07) is 29.1. The van der Waals surface area contributed by atoms with Crippen molar-refractivity contribution in [3.63, 3.8) is 0 Å². The summed E-state index contributed by atoms with van der Waals surface area (Å²) < 4.78 is 16.6. The van der Waals surface area contributed by atoms with Gasteiger partial charge in [0.25, 0.3) is 0 Å². The zero-order valence-corrected chi connectivity index (χ0v) is 29.6. The van der Waals surface area contributed by atoms with E-state index in [1.807, 2.05) is 45.1 Å². The number of hydrogen-bond donors (Lipinski definition) is 1. The molecule has 0 bridgehead atoms. The predicted molar refractivity (Wildman–Crippen MR) is 203 cm³/mol.